The van der Waals surface area contributed by atoms with Crippen molar-refractivity contribution < 1.29 is 9.50 Å². The van der Waals surface area contributed by atoms with E-state index in [0.717, 1.165) is 28.1 Å². The van der Waals surface area contributed by atoms with Crippen LogP contribution in [-0.4, -0.2) is 21.0 Å². The van der Waals surface area contributed by atoms with Gasteiger partial charge in [0.1, 0.15) is 5.82 Å². The zero-order chi connectivity index (χ0) is 14.9. The van der Waals surface area contributed by atoms with Crippen molar-refractivity contribution in [2.24, 2.45) is 7.05 Å². The van der Waals surface area contributed by atoms with Crippen LogP contribution in [0.15, 0.2) is 18.2 Å². The molecule has 4 heteroatoms. The predicted octanol–water partition coefficient (Wildman–Crippen LogP) is 2.63. The Hall–Kier alpha value is -1.68. The Kier molecular flexibility index (Phi) is 4.23. The fourth-order valence-electron chi connectivity index (χ4n) is 2.53. The van der Waals surface area contributed by atoms with Crippen molar-refractivity contribution in [1.82, 2.24) is 9.78 Å². The van der Waals surface area contributed by atoms with E-state index in [-0.39, 0.29) is 5.82 Å². The zero-order valence-electron chi connectivity index (χ0n) is 12.4. The normalized spacial score (nSPS) is 12.7. The maximum Gasteiger partial charge on any atom is 0.123 e. The topological polar surface area (TPSA) is 38.1 Å². The molecule has 0 fully saturated rings. The zero-order valence-corrected chi connectivity index (χ0v) is 12.4. The van der Waals surface area contributed by atoms with Crippen molar-refractivity contribution >= 4 is 0 Å². The molecule has 3 nitrogen and oxygen atoms in total. The molecule has 0 aliphatic heterocycles. The van der Waals surface area contributed by atoms with Crippen LogP contribution in [0.1, 0.15) is 28.1 Å². The maximum absolute atomic E-state index is 13.3. The van der Waals surface area contributed by atoms with E-state index < -0.39 is 6.10 Å². The van der Waals surface area contributed by atoms with E-state index in [1.807, 2.05) is 32.5 Å². The minimum Gasteiger partial charge on any atom is -0.392 e. The van der Waals surface area contributed by atoms with Crippen molar-refractivity contribution in [1.29, 1.82) is 0 Å². The largest absolute Gasteiger partial charge is 0.392 e. The highest BCUT2D eigenvalue weighted by Gasteiger charge is 2.15. The number of hydrogen-bond donors (Lipinski definition) is 1. The van der Waals surface area contributed by atoms with E-state index >= 15 is 0 Å². The SMILES string of the molecule is Cc1ccc(F)cc1CC(O)Cc1c(C)nn(C)c1C. The molecule has 20 heavy (non-hydrogen) atoms. The van der Waals surface area contributed by atoms with Gasteiger partial charge in [0, 0.05) is 19.2 Å². The van der Waals surface area contributed by atoms with Gasteiger partial charge in [-0.3, -0.25) is 4.68 Å². The Morgan fingerprint density at radius 2 is 1.95 bits per heavy atom. The standard InChI is InChI=1S/C16H21FN2O/c1-10-5-6-14(17)7-13(10)8-15(20)9-16-11(2)18-19(4)12(16)3/h5-7,15,20H,8-9H2,1-4H3. The quantitative estimate of drug-likeness (QED) is 0.932. The molecule has 0 aliphatic rings. The number of aromatic nitrogens is 2. The summed E-state index contributed by atoms with van der Waals surface area (Å²) in [5.74, 6) is -0.258. The summed E-state index contributed by atoms with van der Waals surface area (Å²) >= 11 is 0. The number of nitrogens with zero attached hydrogens (tertiary/aromatic N) is 2. The van der Waals surface area contributed by atoms with Crippen LogP contribution in [0.2, 0.25) is 0 Å². The molecule has 0 amide bonds. The molecule has 0 aliphatic carbocycles. The Labute approximate surface area is 119 Å². The summed E-state index contributed by atoms with van der Waals surface area (Å²) < 4.78 is 15.1. The maximum atomic E-state index is 13.3. The van der Waals surface area contributed by atoms with Gasteiger partial charge in [-0.25, -0.2) is 4.39 Å². The van der Waals surface area contributed by atoms with Crippen LogP contribution in [0.4, 0.5) is 4.39 Å². The molecule has 2 rings (SSSR count). The molecule has 0 saturated carbocycles. The number of halogens is 1. The monoisotopic (exact) mass is 276 g/mol. The summed E-state index contributed by atoms with van der Waals surface area (Å²) in [5.41, 5.74) is 4.95. The van der Waals surface area contributed by atoms with Gasteiger partial charge in [0.25, 0.3) is 0 Å². The second-order valence-corrected chi connectivity index (χ2v) is 5.41. The lowest BCUT2D eigenvalue weighted by molar-refractivity contribution is 0.174. The van der Waals surface area contributed by atoms with Crippen LogP contribution < -0.4 is 0 Å². The van der Waals surface area contributed by atoms with Crippen molar-refractivity contribution in [2.75, 3.05) is 0 Å². The van der Waals surface area contributed by atoms with Gasteiger partial charge in [-0.15, -0.1) is 0 Å². The highest BCUT2D eigenvalue weighted by molar-refractivity contribution is 5.29. The van der Waals surface area contributed by atoms with E-state index in [1.165, 1.54) is 12.1 Å². The lowest BCUT2D eigenvalue weighted by Crippen LogP contribution is -2.16. The van der Waals surface area contributed by atoms with Crippen LogP contribution in [0.5, 0.6) is 0 Å². The molecule has 2 aromatic rings. The minimum absolute atomic E-state index is 0.258. The molecule has 1 N–H and O–H groups in total. The lowest BCUT2D eigenvalue weighted by Gasteiger charge is -2.13. The lowest BCUT2D eigenvalue weighted by atomic mass is 9.97. The molecule has 0 bridgehead atoms. The molecule has 1 atom stereocenters. The first-order valence-corrected chi connectivity index (χ1v) is 6.80. The van der Waals surface area contributed by atoms with E-state index in [9.17, 15) is 9.50 Å². The average molecular weight is 276 g/mol. The first kappa shape index (κ1) is 14.7. The average Bonchev–Trinajstić information content (AvgIpc) is 2.61. The first-order valence-electron chi connectivity index (χ1n) is 6.80. The van der Waals surface area contributed by atoms with E-state index in [1.54, 1.807) is 6.07 Å². The smallest absolute Gasteiger partial charge is 0.123 e. The summed E-state index contributed by atoms with van der Waals surface area (Å²) in [6.45, 7) is 5.88. The first-order chi connectivity index (χ1) is 9.38. The van der Waals surface area contributed by atoms with Crippen LogP contribution in [0.25, 0.3) is 0 Å². The van der Waals surface area contributed by atoms with Gasteiger partial charge in [0.05, 0.1) is 11.8 Å². The number of rotatable bonds is 4. The van der Waals surface area contributed by atoms with E-state index in [4.69, 9.17) is 0 Å². The van der Waals surface area contributed by atoms with Gasteiger partial charge < -0.3 is 5.11 Å². The van der Waals surface area contributed by atoms with Crippen molar-refractivity contribution in [3.63, 3.8) is 0 Å². The van der Waals surface area contributed by atoms with E-state index in [0.29, 0.717) is 12.8 Å². The van der Waals surface area contributed by atoms with Crippen LogP contribution >= 0.6 is 0 Å². The number of benzene rings is 1. The summed E-state index contributed by atoms with van der Waals surface area (Å²) in [6.07, 6.45) is 0.468. The third-order valence-corrected chi connectivity index (χ3v) is 3.87. The van der Waals surface area contributed by atoms with Gasteiger partial charge in [-0.1, -0.05) is 6.07 Å². The Morgan fingerprint density at radius 3 is 2.55 bits per heavy atom. The minimum atomic E-state index is -0.530. The van der Waals surface area contributed by atoms with Crippen LogP contribution in [0.3, 0.4) is 0 Å². The molecule has 0 saturated heterocycles. The number of aliphatic hydroxyl groups excluding tert-OH is 1. The van der Waals surface area contributed by atoms with Crippen molar-refractivity contribution in [3.8, 4) is 0 Å². The molecule has 1 aromatic heterocycles. The highest BCUT2D eigenvalue weighted by Crippen LogP contribution is 2.18. The fraction of sp³-hybridized carbons (Fsp3) is 0.438. The van der Waals surface area contributed by atoms with Crippen molar-refractivity contribution in [3.05, 3.63) is 52.1 Å². The highest BCUT2D eigenvalue weighted by atomic mass is 19.1. The number of aryl methyl sites for hydroxylation is 3. The third-order valence-electron chi connectivity index (χ3n) is 3.87. The molecule has 1 unspecified atom stereocenters. The molecule has 0 spiro atoms. The van der Waals surface area contributed by atoms with Crippen LogP contribution in [0, 0.1) is 26.6 Å². The molecule has 1 heterocycles. The van der Waals surface area contributed by atoms with Crippen molar-refractivity contribution in [2.45, 2.75) is 39.7 Å². The number of hydrogen-bond acceptors (Lipinski definition) is 2. The summed E-state index contributed by atoms with van der Waals surface area (Å²) in [6, 6.07) is 4.69. The second kappa shape index (κ2) is 5.75. The third kappa shape index (κ3) is 3.07. The Bertz CT molecular complexity index is 619. The molecular formula is C16H21FN2O. The van der Waals surface area contributed by atoms with Gasteiger partial charge in [-0.2, -0.15) is 5.10 Å². The Balaban J connectivity index is 2.13. The second-order valence-electron chi connectivity index (χ2n) is 5.41. The van der Waals surface area contributed by atoms with Gasteiger partial charge in [0.2, 0.25) is 0 Å². The molecule has 108 valence electrons. The molecular weight excluding hydrogens is 255 g/mol. The fourth-order valence-corrected chi connectivity index (χ4v) is 2.53. The van der Waals surface area contributed by atoms with Gasteiger partial charge >= 0.3 is 0 Å². The summed E-state index contributed by atoms with van der Waals surface area (Å²) in [4.78, 5) is 0. The summed E-state index contributed by atoms with van der Waals surface area (Å²) in [5, 5.41) is 14.6. The van der Waals surface area contributed by atoms with Gasteiger partial charge in [0.15, 0.2) is 0 Å². The predicted molar refractivity (Wildman–Crippen MR) is 77.2 cm³/mol. The van der Waals surface area contributed by atoms with Gasteiger partial charge in [-0.05, 0) is 56.0 Å². The number of aliphatic hydroxyl groups is 1. The van der Waals surface area contributed by atoms with E-state index in [2.05, 4.69) is 5.10 Å². The molecule has 0 radical (unpaired) electrons. The molecule has 1 aromatic carbocycles. The Morgan fingerprint density at radius 1 is 1.25 bits per heavy atom. The van der Waals surface area contributed by atoms with Crippen LogP contribution in [-0.2, 0) is 19.9 Å². The summed E-state index contributed by atoms with van der Waals surface area (Å²) in [7, 11) is 1.90.